The predicted molar refractivity (Wildman–Crippen MR) is 354 cm³/mol. The van der Waals surface area contributed by atoms with E-state index in [1.807, 2.05) is 0 Å². The third-order valence-corrected chi connectivity index (χ3v) is 18.2. The number of hydrogen-bond acceptors (Lipinski definition) is 15. The number of aliphatic hydroxyl groups is 1. The molecule has 0 amide bonds. The van der Waals surface area contributed by atoms with Crippen molar-refractivity contribution in [1.29, 1.82) is 0 Å². The van der Waals surface area contributed by atoms with Gasteiger partial charge in [0.05, 0.1) is 26.4 Å². The maximum absolute atomic E-state index is 13.0. The summed E-state index contributed by atoms with van der Waals surface area (Å²) < 4.78 is 68.2. The van der Waals surface area contributed by atoms with Crippen LogP contribution in [0.4, 0.5) is 0 Å². The van der Waals surface area contributed by atoms with Crippen molar-refractivity contribution in [2.75, 3.05) is 39.6 Å². The molecule has 522 valence electrons. The minimum atomic E-state index is -4.95. The molecule has 0 rings (SSSR count). The van der Waals surface area contributed by atoms with Crippen molar-refractivity contribution in [3.63, 3.8) is 0 Å². The van der Waals surface area contributed by atoms with Crippen molar-refractivity contribution in [2.45, 2.75) is 368 Å². The quantitative estimate of drug-likeness (QED) is 0.0222. The van der Waals surface area contributed by atoms with Gasteiger partial charge in [-0.3, -0.25) is 37.3 Å². The van der Waals surface area contributed by atoms with E-state index >= 15 is 0 Å². The van der Waals surface area contributed by atoms with Crippen molar-refractivity contribution in [2.24, 2.45) is 11.8 Å². The molecule has 17 nitrogen and oxygen atoms in total. The van der Waals surface area contributed by atoms with Crippen molar-refractivity contribution in [1.82, 2.24) is 0 Å². The smallest absolute Gasteiger partial charge is 0.462 e. The second-order valence-corrected chi connectivity index (χ2v) is 28.5. The van der Waals surface area contributed by atoms with Gasteiger partial charge in [-0.1, -0.05) is 298 Å². The van der Waals surface area contributed by atoms with E-state index in [1.165, 1.54) is 161 Å². The average molecular weight is 1300 g/mol. The molecule has 0 aliphatic heterocycles. The summed E-state index contributed by atoms with van der Waals surface area (Å²) in [5.74, 6) is -0.600. The maximum atomic E-state index is 13.0. The molecule has 3 N–H and O–H groups in total. The molecule has 6 atom stereocenters. The predicted octanol–water partition coefficient (Wildman–Crippen LogP) is 19.6. The molecule has 3 unspecified atom stereocenters. The SMILES string of the molecule is CCCCCCCCCCCCCCCCCC(=O)O[C@H](COC(=O)CCCCCCCCCCCCC(C)C)COP(=O)(O)OC[C@@H](O)COP(=O)(O)OC[C@@H](COC(=O)CCCCCCCCCC)OC(=O)CCCCCCCCCCC(C)CC. The molecule has 0 aromatic carbocycles. The number of ether oxygens (including phenoxy) is 4. The minimum Gasteiger partial charge on any atom is -0.462 e. The van der Waals surface area contributed by atoms with Gasteiger partial charge in [0.1, 0.15) is 19.3 Å². The van der Waals surface area contributed by atoms with Crippen LogP contribution in [0.15, 0.2) is 0 Å². The number of rotatable bonds is 68. The van der Waals surface area contributed by atoms with E-state index in [4.69, 9.17) is 37.0 Å². The van der Waals surface area contributed by atoms with E-state index in [0.717, 1.165) is 108 Å². The van der Waals surface area contributed by atoms with Gasteiger partial charge in [0.25, 0.3) is 0 Å². The Morgan fingerprint density at radius 3 is 0.864 bits per heavy atom. The summed E-state index contributed by atoms with van der Waals surface area (Å²) in [6, 6.07) is 0. The van der Waals surface area contributed by atoms with Crippen LogP contribution in [-0.4, -0.2) is 96.7 Å². The van der Waals surface area contributed by atoms with Crippen LogP contribution in [0.25, 0.3) is 0 Å². The van der Waals surface area contributed by atoms with E-state index in [-0.39, 0.29) is 25.7 Å². The van der Waals surface area contributed by atoms with Gasteiger partial charge in [0.2, 0.25) is 0 Å². The number of esters is 4. The molecule has 88 heavy (non-hydrogen) atoms. The van der Waals surface area contributed by atoms with Crippen LogP contribution in [0.2, 0.25) is 0 Å². The first-order valence-corrected chi connectivity index (χ1v) is 39.0. The van der Waals surface area contributed by atoms with Crippen LogP contribution in [0.1, 0.15) is 350 Å². The summed E-state index contributed by atoms with van der Waals surface area (Å²) in [4.78, 5) is 72.4. The highest BCUT2D eigenvalue weighted by atomic mass is 31.2. The number of carbonyl (C=O) groups excluding carboxylic acids is 4. The first-order valence-electron chi connectivity index (χ1n) is 36.0. The number of aliphatic hydroxyl groups excluding tert-OH is 1. The Morgan fingerprint density at radius 1 is 0.330 bits per heavy atom. The highest BCUT2D eigenvalue weighted by molar-refractivity contribution is 7.47. The second kappa shape index (κ2) is 61.3. The Labute approximate surface area is 537 Å². The molecule has 0 saturated heterocycles. The molecular formula is C69H134O17P2. The molecule has 0 aromatic rings. The lowest BCUT2D eigenvalue weighted by molar-refractivity contribution is -0.161. The van der Waals surface area contributed by atoms with Gasteiger partial charge in [0, 0.05) is 25.7 Å². The molecule has 19 heteroatoms. The fourth-order valence-corrected chi connectivity index (χ4v) is 12.0. The van der Waals surface area contributed by atoms with Crippen LogP contribution < -0.4 is 0 Å². The highest BCUT2D eigenvalue weighted by Crippen LogP contribution is 2.45. The van der Waals surface area contributed by atoms with Gasteiger partial charge in [0.15, 0.2) is 12.2 Å². The van der Waals surface area contributed by atoms with E-state index < -0.39 is 97.5 Å². The summed E-state index contributed by atoms with van der Waals surface area (Å²) >= 11 is 0. The third kappa shape index (κ3) is 61.6. The Bertz CT molecular complexity index is 1720. The Hall–Kier alpha value is -1.94. The molecule has 0 spiro atoms. The van der Waals surface area contributed by atoms with Gasteiger partial charge in [-0.2, -0.15) is 0 Å². The van der Waals surface area contributed by atoms with Crippen molar-refractivity contribution >= 4 is 39.5 Å². The summed E-state index contributed by atoms with van der Waals surface area (Å²) in [5, 5.41) is 10.6. The van der Waals surface area contributed by atoms with E-state index in [0.29, 0.717) is 25.7 Å². The fourth-order valence-electron chi connectivity index (χ4n) is 10.4. The first kappa shape index (κ1) is 86.1. The lowest BCUT2D eigenvalue weighted by Gasteiger charge is -2.21. The Morgan fingerprint density at radius 2 is 0.580 bits per heavy atom. The van der Waals surface area contributed by atoms with Gasteiger partial charge in [-0.05, 0) is 37.5 Å². The zero-order valence-corrected chi connectivity index (χ0v) is 58.8. The Balaban J connectivity index is 5.24. The normalized spacial score (nSPS) is 14.5. The van der Waals surface area contributed by atoms with Crippen LogP contribution in [-0.2, 0) is 65.4 Å². The molecule has 0 aromatic heterocycles. The van der Waals surface area contributed by atoms with E-state index in [1.54, 1.807) is 0 Å². The third-order valence-electron chi connectivity index (χ3n) is 16.3. The molecule has 0 saturated carbocycles. The van der Waals surface area contributed by atoms with E-state index in [2.05, 4.69) is 41.5 Å². The number of carbonyl (C=O) groups is 4. The zero-order valence-electron chi connectivity index (χ0n) is 57.0. The topological polar surface area (TPSA) is 237 Å². The molecular weight excluding hydrogens is 1160 g/mol. The lowest BCUT2D eigenvalue weighted by atomic mass is 9.99. The van der Waals surface area contributed by atoms with E-state index in [9.17, 15) is 43.2 Å². The number of phosphoric ester groups is 2. The fraction of sp³-hybridized carbons (Fsp3) is 0.942. The minimum absolute atomic E-state index is 0.105. The van der Waals surface area contributed by atoms with Gasteiger partial charge in [-0.15, -0.1) is 0 Å². The average Bonchev–Trinajstić information content (AvgIpc) is 3.70. The first-order chi connectivity index (χ1) is 42.4. The van der Waals surface area contributed by atoms with Gasteiger partial charge >= 0.3 is 39.5 Å². The van der Waals surface area contributed by atoms with Gasteiger partial charge < -0.3 is 33.8 Å². The number of hydrogen-bond donors (Lipinski definition) is 3. The largest absolute Gasteiger partial charge is 0.472 e. The molecule has 0 heterocycles. The molecule has 0 aliphatic rings. The summed E-state index contributed by atoms with van der Waals surface area (Å²) in [6.45, 7) is 9.51. The maximum Gasteiger partial charge on any atom is 0.472 e. The molecule has 0 fully saturated rings. The monoisotopic (exact) mass is 1300 g/mol. The lowest BCUT2D eigenvalue weighted by Crippen LogP contribution is -2.30. The number of phosphoric acid groups is 2. The van der Waals surface area contributed by atoms with Crippen molar-refractivity contribution < 1.29 is 80.2 Å². The molecule has 0 bridgehead atoms. The van der Waals surface area contributed by atoms with Crippen LogP contribution in [0, 0.1) is 11.8 Å². The highest BCUT2D eigenvalue weighted by Gasteiger charge is 2.30. The molecule has 0 aliphatic carbocycles. The van der Waals surface area contributed by atoms with Crippen molar-refractivity contribution in [3.8, 4) is 0 Å². The zero-order chi connectivity index (χ0) is 65.0. The van der Waals surface area contributed by atoms with Gasteiger partial charge in [-0.25, -0.2) is 9.13 Å². The van der Waals surface area contributed by atoms with Crippen LogP contribution in [0.5, 0.6) is 0 Å². The van der Waals surface area contributed by atoms with Crippen molar-refractivity contribution in [3.05, 3.63) is 0 Å². The summed E-state index contributed by atoms with van der Waals surface area (Å²) in [5.41, 5.74) is 0. The molecule has 0 radical (unpaired) electrons. The summed E-state index contributed by atoms with van der Waals surface area (Å²) in [6.07, 6.45) is 45.7. The van der Waals surface area contributed by atoms with Crippen LogP contribution in [0.3, 0.4) is 0 Å². The second-order valence-electron chi connectivity index (χ2n) is 25.6. The standard InChI is InChI=1S/C69H134O17P2/c1-7-10-12-14-16-18-19-20-21-22-23-28-35-41-47-53-68(73)85-65(58-80-67(72)52-46-40-34-27-25-24-26-31-37-43-49-61(4)5)60-84-88(77,78)82-56-63(70)55-81-87(75,76)83-59-64(57-79-66(71)51-45-39-33-17-15-13-11-8-2)86-69(74)54-48-42-36-30-29-32-38-44-50-62(6)9-3/h61-65,70H,7-60H2,1-6H3,(H,75,76)(H,77,78)/t62?,63-,64+,65+/m0/s1. The summed E-state index contributed by atoms with van der Waals surface area (Å²) in [7, 11) is -9.90. The van der Waals surface area contributed by atoms with Crippen LogP contribution >= 0.6 is 15.6 Å². The Kier molecular flexibility index (Phi) is 59.9. The number of unbranched alkanes of at least 4 members (excludes halogenated alkanes) is 37.